The predicted octanol–water partition coefficient (Wildman–Crippen LogP) is 2.29. The molecule has 2 heterocycles. The summed E-state index contributed by atoms with van der Waals surface area (Å²) in [7, 11) is 0. The molecule has 0 N–H and O–H groups in total. The second-order valence-electron chi connectivity index (χ2n) is 6.11. The number of halogens is 1. The van der Waals surface area contributed by atoms with Crippen molar-refractivity contribution in [1.82, 2.24) is 9.80 Å². The molecule has 9 nitrogen and oxygen atoms in total. The number of benzene rings is 1. The van der Waals surface area contributed by atoms with E-state index in [-0.39, 0.29) is 18.5 Å². The number of nitro groups is 1. The van der Waals surface area contributed by atoms with Crippen LogP contribution in [0.15, 0.2) is 33.8 Å². The SMILES string of the molecule is O=C(OCc1ccccc1Br)N1CCN(CC2CCOC2)C1=N[N+](=O)[O-]. The number of ether oxygens (including phenoxy) is 2. The van der Waals surface area contributed by atoms with Crippen molar-refractivity contribution in [3.05, 3.63) is 44.4 Å². The van der Waals surface area contributed by atoms with E-state index in [9.17, 15) is 14.9 Å². The van der Waals surface area contributed by atoms with Gasteiger partial charge in [-0.2, -0.15) is 0 Å². The lowest BCUT2D eigenvalue weighted by molar-refractivity contribution is -0.486. The molecule has 3 rings (SSSR count). The lowest BCUT2D eigenvalue weighted by Gasteiger charge is -2.21. The van der Waals surface area contributed by atoms with Gasteiger partial charge in [-0.15, -0.1) is 0 Å². The van der Waals surface area contributed by atoms with Gasteiger partial charge in [-0.1, -0.05) is 34.1 Å². The number of nitrogens with zero attached hydrogens (tertiary/aromatic N) is 4. The van der Waals surface area contributed by atoms with Gasteiger partial charge in [0.1, 0.15) is 11.7 Å². The van der Waals surface area contributed by atoms with Crippen LogP contribution in [0.3, 0.4) is 0 Å². The van der Waals surface area contributed by atoms with Crippen molar-refractivity contribution in [1.29, 1.82) is 0 Å². The van der Waals surface area contributed by atoms with Crippen LogP contribution in [0.25, 0.3) is 0 Å². The highest BCUT2D eigenvalue weighted by molar-refractivity contribution is 9.10. The monoisotopic (exact) mass is 426 g/mol. The van der Waals surface area contributed by atoms with Crippen LogP contribution in [0.4, 0.5) is 4.79 Å². The first-order chi connectivity index (χ1) is 12.5. The second kappa shape index (κ2) is 8.45. The summed E-state index contributed by atoms with van der Waals surface area (Å²) in [6.07, 6.45) is 0.251. The van der Waals surface area contributed by atoms with Crippen molar-refractivity contribution in [2.45, 2.75) is 13.0 Å². The van der Waals surface area contributed by atoms with Gasteiger partial charge in [0.05, 0.1) is 13.2 Å². The molecular formula is C16H19BrN4O5. The smallest absolute Gasteiger partial charge is 0.417 e. The normalized spacial score (nSPS) is 21.4. The fraction of sp³-hybridized carbons (Fsp3) is 0.500. The highest BCUT2D eigenvalue weighted by atomic mass is 79.9. The molecule has 26 heavy (non-hydrogen) atoms. The highest BCUT2D eigenvalue weighted by Crippen LogP contribution is 2.20. The minimum absolute atomic E-state index is 0.0269. The van der Waals surface area contributed by atoms with E-state index in [1.807, 2.05) is 24.3 Å². The number of carbonyl (C=O) groups excluding carboxylic acids is 1. The molecule has 0 bridgehead atoms. The molecule has 1 aromatic carbocycles. The molecule has 140 valence electrons. The van der Waals surface area contributed by atoms with Crippen LogP contribution < -0.4 is 0 Å². The molecule has 1 atom stereocenters. The Morgan fingerprint density at radius 2 is 2.23 bits per heavy atom. The lowest BCUT2D eigenvalue weighted by Crippen LogP contribution is -2.40. The quantitative estimate of drug-likeness (QED) is 0.529. The van der Waals surface area contributed by atoms with Gasteiger partial charge < -0.3 is 14.4 Å². The Bertz CT molecular complexity index is 708. The zero-order valence-electron chi connectivity index (χ0n) is 14.0. The number of guanidine groups is 1. The molecular weight excluding hydrogens is 408 g/mol. The number of carbonyl (C=O) groups is 1. The highest BCUT2D eigenvalue weighted by Gasteiger charge is 2.36. The fourth-order valence-electron chi connectivity index (χ4n) is 3.00. The molecule has 2 aliphatic rings. The predicted molar refractivity (Wildman–Crippen MR) is 96.0 cm³/mol. The summed E-state index contributed by atoms with van der Waals surface area (Å²) in [6.45, 7) is 2.73. The molecule has 0 aromatic heterocycles. The van der Waals surface area contributed by atoms with E-state index in [0.717, 1.165) is 16.5 Å². The maximum Gasteiger partial charge on any atom is 0.417 e. The molecule has 2 saturated heterocycles. The van der Waals surface area contributed by atoms with E-state index >= 15 is 0 Å². The van der Waals surface area contributed by atoms with Crippen LogP contribution in [0.5, 0.6) is 0 Å². The molecule has 1 aromatic rings. The molecule has 0 aliphatic carbocycles. The summed E-state index contributed by atoms with van der Waals surface area (Å²) >= 11 is 3.39. The minimum atomic E-state index is -0.785. The van der Waals surface area contributed by atoms with Crippen molar-refractivity contribution in [2.75, 3.05) is 32.8 Å². The molecule has 1 unspecified atom stereocenters. The molecule has 0 radical (unpaired) electrons. The average molecular weight is 427 g/mol. The lowest BCUT2D eigenvalue weighted by atomic mass is 10.1. The number of hydrazone groups is 1. The minimum Gasteiger partial charge on any atom is -0.444 e. The first-order valence-corrected chi connectivity index (χ1v) is 9.07. The van der Waals surface area contributed by atoms with E-state index in [4.69, 9.17) is 9.47 Å². The largest absolute Gasteiger partial charge is 0.444 e. The summed E-state index contributed by atoms with van der Waals surface area (Å²) in [4.78, 5) is 26.3. The summed E-state index contributed by atoms with van der Waals surface area (Å²) < 4.78 is 11.5. The molecule has 0 spiro atoms. The molecule has 1 amide bonds. The first kappa shape index (κ1) is 18.6. The maximum absolute atomic E-state index is 12.4. The van der Waals surface area contributed by atoms with Crippen LogP contribution in [0.1, 0.15) is 12.0 Å². The van der Waals surface area contributed by atoms with Gasteiger partial charge in [-0.3, -0.25) is 0 Å². The average Bonchev–Trinajstić information content (AvgIpc) is 3.25. The Kier molecular flexibility index (Phi) is 6.04. The number of hydrogen-bond donors (Lipinski definition) is 0. The topological polar surface area (TPSA) is 97.5 Å². The van der Waals surface area contributed by atoms with Gasteiger partial charge in [0.15, 0.2) is 5.03 Å². The van der Waals surface area contributed by atoms with Crippen LogP contribution in [0, 0.1) is 16.0 Å². The van der Waals surface area contributed by atoms with Gasteiger partial charge in [0.25, 0.3) is 5.96 Å². The molecule has 0 saturated carbocycles. The third-order valence-electron chi connectivity index (χ3n) is 4.32. The third-order valence-corrected chi connectivity index (χ3v) is 5.09. The first-order valence-electron chi connectivity index (χ1n) is 8.28. The Labute approximate surface area is 158 Å². The van der Waals surface area contributed by atoms with Gasteiger partial charge in [-0.05, 0) is 12.5 Å². The third kappa shape index (κ3) is 4.50. The standard InChI is InChI=1S/C16H19BrN4O5/c17-14-4-2-1-3-13(14)11-26-16(22)20-7-6-19(15(20)18-21(23)24)9-12-5-8-25-10-12/h1-4,12H,5-11H2. The van der Waals surface area contributed by atoms with Crippen LogP contribution in [0.2, 0.25) is 0 Å². The van der Waals surface area contributed by atoms with Crippen molar-refractivity contribution in [2.24, 2.45) is 11.0 Å². The summed E-state index contributed by atoms with van der Waals surface area (Å²) in [5.74, 6) is 0.308. The van der Waals surface area contributed by atoms with E-state index in [0.29, 0.717) is 32.8 Å². The van der Waals surface area contributed by atoms with E-state index < -0.39 is 11.1 Å². The molecule has 2 fully saturated rings. The van der Waals surface area contributed by atoms with Crippen LogP contribution >= 0.6 is 15.9 Å². The van der Waals surface area contributed by atoms with Gasteiger partial charge in [-0.25, -0.2) is 19.8 Å². The number of amides is 1. The van der Waals surface area contributed by atoms with E-state index in [1.165, 1.54) is 4.90 Å². The summed E-state index contributed by atoms with van der Waals surface area (Å²) in [6, 6.07) is 7.39. The summed E-state index contributed by atoms with van der Waals surface area (Å²) in [5.41, 5.74) is 0.813. The van der Waals surface area contributed by atoms with Crippen molar-refractivity contribution < 1.29 is 19.3 Å². The van der Waals surface area contributed by atoms with Crippen LogP contribution in [-0.4, -0.2) is 59.7 Å². The second-order valence-corrected chi connectivity index (χ2v) is 6.97. The van der Waals surface area contributed by atoms with Crippen molar-refractivity contribution in [3.8, 4) is 0 Å². The van der Waals surface area contributed by atoms with E-state index in [1.54, 1.807) is 4.90 Å². The maximum atomic E-state index is 12.4. The Morgan fingerprint density at radius 3 is 2.92 bits per heavy atom. The number of hydrogen-bond acceptors (Lipinski definition) is 5. The molecule has 10 heteroatoms. The van der Waals surface area contributed by atoms with Gasteiger partial charge >= 0.3 is 6.09 Å². The van der Waals surface area contributed by atoms with E-state index in [2.05, 4.69) is 21.0 Å². The number of rotatable bonds is 5. The Hall–Kier alpha value is -2.20. The zero-order chi connectivity index (χ0) is 18.5. The fourth-order valence-corrected chi connectivity index (χ4v) is 3.40. The molecule has 2 aliphatic heterocycles. The Balaban J connectivity index is 1.66. The Morgan fingerprint density at radius 1 is 1.42 bits per heavy atom. The zero-order valence-corrected chi connectivity index (χ0v) is 15.6. The summed E-state index contributed by atoms with van der Waals surface area (Å²) in [5, 5.41) is 13.5. The van der Waals surface area contributed by atoms with Gasteiger partial charge in [0, 0.05) is 35.7 Å². The van der Waals surface area contributed by atoms with Crippen molar-refractivity contribution >= 4 is 28.0 Å². The van der Waals surface area contributed by atoms with Crippen molar-refractivity contribution in [3.63, 3.8) is 0 Å². The van der Waals surface area contributed by atoms with Gasteiger partial charge in [0.2, 0.25) is 0 Å². The van der Waals surface area contributed by atoms with Crippen LogP contribution in [-0.2, 0) is 16.1 Å².